The van der Waals surface area contributed by atoms with Gasteiger partial charge in [0.25, 0.3) is 0 Å². The summed E-state index contributed by atoms with van der Waals surface area (Å²) in [6.07, 6.45) is 1.10. The van der Waals surface area contributed by atoms with Crippen LogP contribution < -0.4 is 10.6 Å². The van der Waals surface area contributed by atoms with Crippen LogP contribution in [0.2, 0.25) is 0 Å². The molecule has 2 N–H and O–H groups in total. The minimum absolute atomic E-state index is 0.0328. The van der Waals surface area contributed by atoms with Crippen LogP contribution in [0, 0.1) is 11.8 Å². The first-order chi connectivity index (χ1) is 13.0. The highest BCUT2D eigenvalue weighted by atomic mass is 16.5. The third kappa shape index (κ3) is 5.26. The van der Waals surface area contributed by atoms with E-state index < -0.39 is 0 Å². The number of hydrogen-bond acceptors (Lipinski definition) is 7. The van der Waals surface area contributed by atoms with E-state index in [1.54, 1.807) is 0 Å². The van der Waals surface area contributed by atoms with Gasteiger partial charge in [0.1, 0.15) is 0 Å². The number of nitrogens with one attached hydrogen (secondary N) is 2. The largest absolute Gasteiger partial charge is 0.378 e. The fourth-order valence-electron chi connectivity index (χ4n) is 3.42. The zero-order valence-electron chi connectivity index (χ0n) is 16.1. The Morgan fingerprint density at radius 3 is 2.70 bits per heavy atom. The summed E-state index contributed by atoms with van der Waals surface area (Å²) >= 11 is 0. The molecule has 2 aliphatic rings. The first kappa shape index (κ1) is 19.8. The molecule has 2 amide bonds. The highest BCUT2D eigenvalue weighted by Crippen LogP contribution is 2.20. The van der Waals surface area contributed by atoms with Crippen molar-refractivity contribution >= 4 is 11.8 Å². The quantitative estimate of drug-likeness (QED) is 0.712. The van der Waals surface area contributed by atoms with Crippen LogP contribution in [0.3, 0.4) is 0 Å². The molecular weight excluding hydrogens is 350 g/mol. The van der Waals surface area contributed by atoms with Gasteiger partial charge in [-0.25, -0.2) is 0 Å². The number of amides is 2. The number of piperidine rings is 1. The summed E-state index contributed by atoms with van der Waals surface area (Å²) in [5, 5.41) is 10.1. The van der Waals surface area contributed by atoms with Gasteiger partial charge in [-0.2, -0.15) is 4.98 Å². The number of rotatable bonds is 6. The van der Waals surface area contributed by atoms with E-state index in [1.165, 1.54) is 0 Å². The number of aromatic nitrogens is 2. The van der Waals surface area contributed by atoms with Crippen LogP contribution in [0.25, 0.3) is 0 Å². The Balaban J connectivity index is 1.44. The Labute approximate surface area is 159 Å². The molecule has 2 fully saturated rings. The molecule has 1 aromatic rings. The standard InChI is InChI=1S/C18H29N5O4/c1-12(2)17-21-15(22-27-17)3-4-20-16(24)13-9-14(11-19-10-13)18(25)23-5-7-26-8-6-23/h12-14,19H,3-11H2,1-2H3,(H,20,24)/t13-,14+/m0/s1. The molecule has 1 aromatic heterocycles. The van der Waals surface area contributed by atoms with Crippen molar-refractivity contribution in [2.75, 3.05) is 45.9 Å². The van der Waals surface area contributed by atoms with Crippen molar-refractivity contribution in [3.05, 3.63) is 11.7 Å². The van der Waals surface area contributed by atoms with Gasteiger partial charge in [0.2, 0.25) is 17.7 Å². The van der Waals surface area contributed by atoms with Gasteiger partial charge in [0, 0.05) is 45.1 Å². The van der Waals surface area contributed by atoms with Crippen LogP contribution in [0.15, 0.2) is 4.52 Å². The second kappa shape index (κ2) is 9.27. The number of hydrogen-bond donors (Lipinski definition) is 2. The van der Waals surface area contributed by atoms with Gasteiger partial charge < -0.3 is 24.8 Å². The molecule has 0 unspecified atom stereocenters. The molecule has 9 heteroatoms. The van der Waals surface area contributed by atoms with Gasteiger partial charge in [-0.3, -0.25) is 9.59 Å². The zero-order valence-corrected chi connectivity index (χ0v) is 16.1. The van der Waals surface area contributed by atoms with Crippen LogP contribution in [-0.4, -0.2) is 72.8 Å². The summed E-state index contributed by atoms with van der Waals surface area (Å²) < 4.78 is 10.5. The minimum atomic E-state index is -0.203. The fraction of sp³-hybridized carbons (Fsp3) is 0.778. The van der Waals surface area contributed by atoms with Crippen LogP contribution >= 0.6 is 0 Å². The number of carbonyl (C=O) groups excluding carboxylic acids is 2. The summed E-state index contributed by atoms with van der Waals surface area (Å²) in [6.45, 7) is 8.10. The molecule has 0 saturated carbocycles. The minimum Gasteiger partial charge on any atom is -0.378 e. The van der Waals surface area contributed by atoms with E-state index in [1.807, 2.05) is 18.7 Å². The molecule has 0 aromatic carbocycles. The smallest absolute Gasteiger partial charge is 0.229 e. The average Bonchev–Trinajstić information content (AvgIpc) is 3.17. The first-order valence-corrected chi connectivity index (χ1v) is 9.72. The summed E-state index contributed by atoms with van der Waals surface area (Å²) in [4.78, 5) is 31.3. The second-order valence-corrected chi connectivity index (χ2v) is 7.47. The summed E-state index contributed by atoms with van der Waals surface area (Å²) in [6, 6.07) is 0. The van der Waals surface area contributed by atoms with Gasteiger partial charge in [0.05, 0.1) is 25.0 Å². The third-order valence-corrected chi connectivity index (χ3v) is 5.02. The van der Waals surface area contributed by atoms with E-state index in [0.717, 1.165) is 0 Å². The van der Waals surface area contributed by atoms with Crippen molar-refractivity contribution in [2.45, 2.75) is 32.6 Å². The van der Waals surface area contributed by atoms with Crippen LogP contribution in [0.4, 0.5) is 0 Å². The maximum Gasteiger partial charge on any atom is 0.229 e. The number of nitrogens with zero attached hydrogens (tertiary/aromatic N) is 3. The molecule has 0 aliphatic carbocycles. The Bertz CT molecular complexity index is 641. The van der Waals surface area contributed by atoms with Crippen molar-refractivity contribution in [3.8, 4) is 0 Å². The lowest BCUT2D eigenvalue weighted by Gasteiger charge is -2.34. The molecule has 2 saturated heterocycles. The van der Waals surface area contributed by atoms with Crippen molar-refractivity contribution in [3.63, 3.8) is 0 Å². The lowest BCUT2D eigenvalue weighted by atomic mass is 9.88. The van der Waals surface area contributed by atoms with Crippen LogP contribution in [0.1, 0.15) is 37.9 Å². The van der Waals surface area contributed by atoms with E-state index in [2.05, 4.69) is 20.8 Å². The third-order valence-electron chi connectivity index (χ3n) is 5.02. The molecular formula is C18H29N5O4. The van der Waals surface area contributed by atoms with Crippen molar-refractivity contribution in [1.82, 2.24) is 25.7 Å². The lowest BCUT2D eigenvalue weighted by Crippen LogP contribution is -2.51. The van der Waals surface area contributed by atoms with E-state index in [9.17, 15) is 9.59 Å². The molecule has 3 heterocycles. The lowest BCUT2D eigenvalue weighted by molar-refractivity contribution is -0.141. The van der Waals surface area contributed by atoms with Gasteiger partial charge in [-0.1, -0.05) is 19.0 Å². The Hall–Kier alpha value is -2.00. The average molecular weight is 379 g/mol. The predicted octanol–water partition coefficient (Wildman–Crippen LogP) is -0.0638. The molecule has 2 aliphatic heterocycles. The van der Waals surface area contributed by atoms with Gasteiger partial charge in [-0.15, -0.1) is 0 Å². The zero-order chi connectivity index (χ0) is 19.2. The predicted molar refractivity (Wildman–Crippen MR) is 97.0 cm³/mol. The maximum atomic E-state index is 12.6. The molecule has 0 radical (unpaired) electrons. The molecule has 0 spiro atoms. The second-order valence-electron chi connectivity index (χ2n) is 7.47. The highest BCUT2D eigenvalue weighted by Gasteiger charge is 2.33. The Morgan fingerprint density at radius 1 is 1.26 bits per heavy atom. The van der Waals surface area contributed by atoms with E-state index in [0.29, 0.717) is 70.5 Å². The van der Waals surface area contributed by atoms with Crippen LogP contribution in [0.5, 0.6) is 0 Å². The van der Waals surface area contributed by atoms with Crippen molar-refractivity contribution in [1.29, 1.82) is 0 Å². The molecule has 3 rings (SSSR count). The van der Waals surface area contributed by atoms with Crippen LogP contribution in [-0.2, 0) is 20.7 Å². The molecule has 27 heavy (non-hydrogen) atoms. The summed E-state index contributed by atoms with van der Waals surface area (Å²) in [5.41, 5.74) is 0. The number of morpholine rings is 1. The van der Waals surface area contributed by atoms with Gasteiger partial charge in [0.15, 0.2) is 5.82 Å². The summed E-state index contributed by atoms with van der Waals surface area (Å²) in [5.74, 6) is 1.13. The fourth-order valence-corrected chi connectivity index (χ4v) is 3.42. The van der Waals surface area contributed by atoms with E-state index in [4.69, 9.17) is 9.26 Å². The molecule has 9 nitrogen and oxygen atoms in total. The van der Waals surface area contributed by atoms with E-state index >= 15 is 0 Å². The highest BCUT2D eigenvalue weighted by molar-refractivity contribution is 5.83. The summed E-state index contributed by atoms with van der Waals surface area (Å²) in [7, 11) is 0. The molecule has 0 bridgehead atoms. The molecule has 2 atom stereocenters. The monoisotopic (exact) mass is 379 g/mol. The van der Waals surface area contributed by atoms with Crippen molar-refractivity contribution in [2.24, 2.45) is 11.8 Å². The Morgan fingerprint density at radius 2 is 2.00 bits per heavy atom. The van der Waals surface area contributed by atoms with E-state index in [-0.39, 0.29) is 29.6 Å². The van der Waals surface area contributed by atoms with Gasteiger partial charge >= 0.3 is 0 Å². The molecule has 150 valence electrons. The van der Waals surface area contributed by atoms with Gasteiger partial charge in [-0.05, 0) is 6.42 Å². The number of ether oxygens (including phenoxy) is 1. The Kier molecular flexibility index (Phi) is 6.78. The normalized spacial score (nSPS) is 23.4. The van der Waals surface area contributed by atoms with Crippen molar-refractivity contribution < 1.29 is 18.8 Å². The SMILES string of the molecule is CC(C)c1nc(CCNC(=O)[C@@H]2CNC[C@H](C(=O)N3CCOCC3)C2)no1. The topological polar surface area (TPSA) is 110 Å². The number of carbonyl (C=O) groups is 2. The maximum absolute atomic E-state index is 12.6. The first-order valence-electron chi connectivity index (χ1n) is 9.72.